The number of rotatable bonds is 4. The van der Waals surface area contributed by atoms with Crippen LogP contribution in [0.1, 0.15) is 11.1 Å². The number of hydrogen-bond donors (Lipinski definition) is 0. The molecule has 0 amide bonds. The van der Waals surface area contributed by atoms with Crippen LogP contribution in [0.25, 0.3) is 22.3 Å². The van der Waals surface area contributed by atoms with E-state index in [1.165, 1.54) is 0 Å². The largest absolute Gasteiger partial charge is 0.481 e. The van der Waals surface area contributed by atoms with Crippen LogP contribution in [0.4, 0.5) is 0 Å². The van der Waals surface area contributed by atoms with E-state index in [1.807, 2.05) is 61.5 Å². The SMILES string of the molecule is Cc1ccc2c(=O)c(OCc3ccc(Br)cc3)c(-c3ccccc3Cl)oc2c1. The summed E-state index contributed by atoms with van der Waals surface area (Å²) in [4.78, 5) is 13.2. The van der Waals surface area contributed by atoms with Gasteiger partial charge in [0, 0.05) is 10.0 Å². The third kappa shape index (κ3) is 3.71. The highest BCUT2D eigenvalue weighted by molar-refractivity contribution is 9.10. The molecule has 140 valence electrons. The van der Waals surface area contributed by atoms with Gasteiger partial charge in [-0.05, 0) is 54.4 Å². The molecule has 3 aromatic carbocycles. The summed E-state index contributed by atoms with van der Waals surface area (Å²) in [6.07, 6.45) is 0. The lowest BCUT2D eigenvalue weighted by molar-refractivity contribution is 0.298. The van der Waals surface area contributed by atoms with E-state index in [2.05, 4.69) is 15.9 Å². The van der Waals surface area contributed by atoms with Crippen molar-refractivity contribution in [3.05, 3.63) is 97.6 Å². The van der Waals surface area contributed by atoms with Crippen molar-refractivity contribution in [2.24, 2.45) is 0 Å². The predicted molar refractivity (Wildman–Crippen MR) is 116 cm³/mol. The Hall–Kier alpha value is -2.56. The summed E-state index contributed by atoms with van der Waals surface area (Å²) in [6, 6.07) is 20.5. The van der Waals surface area contributed by atoms with Gasteiger partial charge in [0.05, 0.1) is 10.4 Å². The zero-order valence-electron chi connectivity index (χ0n) is 15.0. The van der Waals surface area contributed by atoms with Gasteiger partial charge in [0.1, 0.15) is 12.2 Å². The van der Waals surface area contributed by atoms with E-state index < -0.39 is 0 Å². The number of ether oxygens (including phenoxy) is 1. The third-order valence-electron chi connectivity index (χ3n) is 4.42. The van der Waals surface area contributed by atoms with Crippen LogP contribution in [-0.4, -0.2) is 0 Å². The van der Waals surface area contributed by atoms with Gasteiger partial charge in [-0.25, -0.2) is 0 Å². The summed E-state index contributed by atoms with van der Waals surface area (Å²) in [6.45, 7) is 2.19. The number of aryl methyl sites for hydroxylation is 1. The molecule has 5 heteroatoms. The zero-order valence-corrected chi connectivity index (χ0v) is 17.4. The molecular formula is C23H16BrClO3. The molecule has 0 aliphatic heterocycles. The van der Waals surface area contributed by atoms with Crippen molar-refractivity contribution in [1.82, 2.24) is 0 Å². The lowest BCUT2D eigenvalue weighted by atomic mass is 10.1. The van der Waals surface area contributed by atoms with Gasteiger partial charge in [-0.15, -0.1) is 0 Å². The Morgan fingerprint density at radius 1 is 1.04 bits per heavy atom. The van der Waals surface area contributed by atoms with Crippen molar-refractivity contribution in [3.8, 4) is 17.1 Å². The van der Waals surface area contributed by atoms with E-state index in [1.54, 1.807) is 12.1 Å². The average Bonchev–Trinajstić information content (AvgIpc) is 2.68. The molecule has 0 aliphatic carbocycles. The van der Waals surface area contributed by atoms with Crippen LogP contribution in [0.5, 0.6) is 5.75 Å². The Labute approximate surface area is 175 Å². The highest BCUT2D eigenvalue weighted by atomic mass is 79.9. The van der Waals surface area contributed by atoms with E-state index in [9.17, 15) is 4.79 Å². The molecule has 0 saturated heterocycles. The Balaban J connectivity index is 1.87. The fraction of sp³-hybridized carbons (Fsp3) is 0.0870. The predicted octanol–water partition coefficient (Wildman–Crippen LogP) is 6.76. The molecule has 1 heterocycles. The monoisotopic (exact) mass is 454 g/mol. The minimum atomic E-state index is -0.215. The second kappa shape index (κ2) is 7.82. The second-order valence-electron chi connectivity index (χ2n) is 6.48. The first-order chi connectivity index (χ1) is 13.5. The molecule has 0 saturated carbocycles. The summed E-state index contributed by atoms with van der Waals surface area (Å²) in [7, 11) is 0. The summed E-state index contributed by atoms with van der Waals surface area (Å²) < 4.78 is 13.1. The zero-order chi connectivity index (χ0) is 19.7. The highest BCUT2D eigenvalue weighted by Gasteiger charge is 2.19. The van der Waals surface area contributed by atoms with E-state index in [0.29, 0.717) is 27.3 Å². The fourth-order valence-electron chi connectivity index (χ4n) is 2.97. The van der Waals surface area contributed by atoms with Gasteiger partial charge in [0.25, 0.3) is 0 Å². The molecule has 0 spiro atoms. The molecule has 0 bridgehead atoms. The highest BCUT2D eigenvalue weighted by Crippen LogP contribution is 2.35. The standard InChI is InChI=1S/C23H16BrClO3/c1-14-6-11-18-20(12-14)28-22(17-4-2-3-5-19(17)25)23(21(18)26)27-13-15-7-9-16(24)10-8-15/h2-12H,13H2,1H3. The lowest BCUT2D eigenvalue weighted by Crippen LogP contribution is -2.10. The fourth-order valence-corrected chi connectivity index (χ4v) is 3.46. The summed E-state index contributed by atoms with van der Waals surface area (Å²) >= 11 is 9.79. The quantitative estimate of drug-likeness (QED) is 0.341. The minimum absolute atomic E-state index is 0.160. The molecule has 0 radical (unpaired) electrons. The Bertz CT molecular complexity index is 1210. The molecule has 0 aliphatic rings. The van der Waals surface area contributed by atoms with Crippen LogP contribution in [-0.2, 0) is 6.61 Å². The summed E-state index contributed by atoms with van der Waals surface area (Å²) in [5.41, 5.74) is 2.86. The van der Waals surface area contributed by atoms with Crippen molar-refractivity contribution >= 4 is 38.5 Å². The van der Waals surface area contributed by atoms with Crippen molar-refractivity contribution in [1.29, 1.82) is 0 Å². The second-order valence-corrected chi connectivity index (χ2v) is 7.81. The van der Waals surface area contributed by atoms with Gasteiger partial charge in [0.15, 0.2) is 5.76 Å². The number of benzene rings is 3. The van der Waals surface area contributed by atoms with Gasteiger partial charge in [-0.3, -0.25) is 4.79 Å². The van der Waals surface area contributed by atoms with Gasteiger partial charge in [0.2, 0.25) is 11.2 Å². The molecule has 0 unspecified atom stereocenters. The van der Waals surface area contributed by atoms with E-state index >= 15 is 0 Å². The third-order valence-corrected chi connectivity index (χ3v) is 5.28. The van der Waals surface area contributed by atoms with E-state index in [-0.39, 0.29) is 17.8 Å². The van der Waals surface area contributed by atoms with Crippen LogP contribution >= 0.6 is 27.5 Å². The number of hydrogen-bond acceptors (Lipinski definition) is 3. The first-order valence-corrected chi connectivity index (χ1v) is 9.89. The normalized spacial score (nSPS) is 11.0. The Kier molecular flexibility index (Phi) is 5.25. The van der Waals surface area contributed by atoms with Crippen molar-refractivity contribution in [2.45, 2.75) is 13.5 Å². The molecule has 0 fully saturated rings. The number of halogens is 2. The van der Waals surface area contributed by atoms with E-state index in [4.69, 9.17) is 20.8 Å². The van der Waals surface area contributed by atoms with Gasteiger partial charge < -0.3 is 9.15 Å². The average molecular weight is 456 g/mol. The van der Waals surface area contributed by atoms with E-state index in [0.717, 1.165) is 15.6 Å². The van der Waals surface area contributed by atoms with Crippen LogP contribution < -0.4 is 10.2 Å². The minimum Gasteiger partial charge on any atom is -0.481 e. The first kappa shape index (κ1) is 18.8. The molecule has 0 atom stereocenters. The van der Waals surface area contributed by atoms with Crippen molar-refractivity contribution in [2.75, 3.05) is 0 Å². The lowest BCUT2D eigenvalue weighted by Gasteiger charge is -2.13. The smallest absolute Gasteiger partial charge is 0.235 e. The van der Waals surface area contributed by atoms with Crippen molar-refractivity contribution in [3.63, 3.8) is 0 Å². The maximum Gasteiger partial charge on any atom is 0.235 e. The molecular weight excluding hydrogens is 440 g/mol. The Morgan fingerprint density at radius 3 is 2.54 bits per heavy atom. The number of fused-ring (bicyclic) bond motifs is 1. The van der Waals surface area contributed by atoms with Gasteiger partial charge in [-0.1, -0.05) is 57.9 Å². The van der Waals surface area contributed by atoms with Crippen LogP contribution in [0, 0.1) is 6.92 Å². The first-order valence-electron chi connectivity index (χ1n) is 8.72. The van der Waals surface area contributed by atoms with Crippen LogP contribution in [0.2, 0.25) is 5.02 Å². The molecule has 4 rings (SSSR count). The topological polar surface area (TPSA) is 39.4 Å². The van der Waals surface area contributed by atoms with Crippen LogP contribution in [0.15, 0.2) is 80.4 Å². The Morgan fingerprint density at radius 2 is 1.79 bits per heavy atom. The van der Waals surface area contributed by atoms with Crippen molar-refractivity contribution < 1.29 is 9.15 Å². The van der Waals surface area contributed by atoms with Crippen LogP contribution in [0.3, 0.4) is 0 Å². The molecule has 1 aromatic heterocycles. The van der Waals surface area contributed by atoms with Gasteiger partial charge >= 0.3 is 0 Å². The molecule has 0 N–H and O–H groups in total. The summed E-state index contributed by atoms with van der Waals surface area (Å²) in [5, 5.41) is 0.971. The molecule has 28 heavy (non-hydrogen) atoms. The maximum absolute atomic E-state index is 13.2. The molecule has 4 aromatic rings. The summed E-state index contributed by atoms with van der Waals surface area (Å²) in [5.74, 6) is 0.498. The van der Waals surface area contributed by atoms with Gasteiger partial charge in [-0.2, -0.15) is 0 Å². The maximum atomic E-state index is 13.2. The molecule has 3 nitrogen and oxygen atoms in total.